The Bertz CT molecular complexity index is 785. The van der Waals surface area contributed by atoms with Gasteiger partial charge in [0.05, 0.1) is 17.2 Å². The van der Waals surface area contributed by atoms with E-state index in [4.69, 9.17) is 0 Å². The first-order chi connectivity index (χ1) is 8.96. The summed E-state index contributed by atoms with van der Waals surface area (Å²) >= 11 is 0. The van der Waals surface area contributed by atoms with Gasteiger partial charge in [-0.05, 0) is 17.9 Å². The second-order valence-electron chi connectivity index (χ2n) is 6.15. The molecule has 0 aliphatic rings. The standard InChI is InChI=1S/C14H18N4O/c1-14(2,3)5-7-18-11-9-4-6-15-12(9)16-8-10(11)17-13(18)19/h4,6,8H,5,7H2,1-3H3,(H,15,16)(H,17,19). The summed E-state index contributed by atoms with van der Waals surface area (Å²) in [7, 11) is 0. The van der Waals surface area contributed by atoms with Crippen LogP contribution in [0.1, 0.15) is 27.2 Å². The molecule has 5 nitrogen and oxygen atoms in total. The van der Waals surface area contributed by atoms with Crippen LogP contribution >= 0.6 is 0 Å². The van der Waals surface area contributed by atoms with Crippen LogP contribution in [0.4, 0.5) is 0 Å². The Labute approximate surface area is 110 Å². The maximum absolute atomic E-state index is 12.1. The largest absolute Gasteiger partial charge is 0.346 e. The summed E-state index contributed by atoms with van der Waals surface area (Å²) in [6.07, 6.45) is 4.51. The second kappa shape index (κ2) is 3.98. The molecule has 0 saturated heterocycles. The highest BCUT2D eigenvalue weighted by molar-refractivity contribution is 6.00. The molecule has 0 amide bonds. The van der Waals surface area contributed by atoms with Crippen LogP contribution in [0.5, 0.6) is 0 Å². The van der Waals surface area contributed by atoms with Gasteiger partial charge >= 0.3 is 5.69 Å². The van der Waals surface area contributed by atoms with Gasteiger partial charge in [0, 0.05) is 18.1 Å². The number of imidazole rings is 1. The summed E-state index contributed by atoms with van der Waals surface area (Å²) in [6.45, 7) is 7.26. The predicted molar refractivity (Wildman–Crippen MR) is 76.3 cm³/mol. The number of H-pyrrole nitrogens is 2. The Hall–Kier alpha value is -2.04. The second-order valence-corrected chi connectivity index (χ2v) is 6.15. The van der Waals surface area contributed by atoms with E-state index in [1.807, 2.05) is 16.8 Å². The summed E-state index contributed by atoms with van der Waals surface area (Å²) in [6, 6.07) is 1.96. The summed E-state index contributed by atoms with van der Waals surface area (Å²) < 4.78 is 1.82. The molecule has 2 N–H and O–H groups in total. The first-order valence-corrected chi connectivity index (χ1v) is 6.50. The lowest BCUT2D eigenvalue weighted by atomic mass is 9.92. The molecular formula is C14H18N4O. The van der Waals surface area contributed by atoms with Crippen molar-refractivity contribution >= 4 is 22.1 Å². The summed E-state index contributed by atoms with van der Waals surface area (Å²) in [5.74, 6) is 0. The Balaban J connectivity index is 2.19. The van der Waals surface area contributed by atoms with Crippen molar-refractivity contribution in [2.24, 2.45) is 5.41 Å². The lowest BCUT2D eigenvalue weighted by molar-refractivity contribution is 0.351. The summed E-state index contributed by atoms with van der Waals surface area (Å²) in [4.78, 5) is 22.3. The van der Waals surface area contributed by atoms with Crippen molar-refractivity contribution in [3.8, 4) is 0 Å². The zero-order valence-corrected chi connectivity index (χ0v) is 11.4. The van der Waals surface area contributed by atoms with Gasteiger partial charge in [-0.3, -0.25) is 4.57 Å². The number of hydrogen-bond donors (Lipinski definition) is 2. The maximum Gasteiger partial charge on any atom is 0.326 e. The fourth-order valence-electron chi connectivity index (χ4n) is 2.32. The number of rotatable bonds is 2. The van der Waals surface area contributed by atoms with Gasteiger partial charge in [0.25, 0.3) is 0 Å². The molecule has 5 heteroatoms. The molecule has 3 rings (SSSR count). The topological polar surface area (TPSA) is 66.5 Å². The van der Waals surface area contributed by atoms with Crippen LogP contribution in [0.15, 0.2) is 23.3 Å². The van der Waals surface area contributed by atoms with Gasteiger partial charge in [-0.2, -0.15) is 0 Å². The van der Waals surface area contributed by atoms with Crippen LogP contribution in [0.3, 0.4) is 0 Å². The highest BCUT2D eigenvalue weighted by Gasteiger charge is 2.15. The third-order valence-corrected chi connectivity index (χ3v) is 3.40. The van der Waals surface area contributed by atoms with E-state index >= 15 is 0 Å². The third-order valence-electron chi connectivity index (χ3n) is 3.40. The molecule has 0 fully saturated rings. The Morgan fingerprint density at radius 1 is 1.37 bits per heavy atom. The molecule has 0 aromatic carbocycles. The van der Waals surface area contributed by atoms with Gasteiger partial charge in [-0.25, -0.2) is 9.78 Å². The lowest BCUT2D eigenvalue weighted by Gasteiger charge is -2.18. The molecule has 100 valence electrons. The number of nitrogens with one attached hydrogen (secondary N) is 2. The van der Waals surface area contributed by atoms with Crippen molar-refractivity contribution in [3.63, 3.8) is 0 Å². The van der Waals surface area contributed by atoms with Gasteiger partial charge in [0.15, 0.2) is 0 Å². The molecule has 0 aliphatic heterocycles. The predicted octanol–water partition coefficient (Wildman–Crippen LogP) is 2.64. The molecule has 3 heterocycles. The van der Waals surface area contributed by atoms with Gasteiger partial charge in [-0.15, -0.1) is 0 Å². The number of aryl methyl sites for hydroxylation is 1. The normalized spacial score (nSPS) is 12.6. The minimum Gasteiger partial charge on any atom is -0.346 e. The molecule has 19 heavy (non-hydrogen) atoms. The van der Waals surface area contributed by atoms with E-state index in [2.05, 4.69) is 35.7 Å². The summed E-state index contributed by atoms with van der Waals surface area (Å²) in [5, 5.41) is 0.991. The molecule has 0 aliphatic carbocycles. The lowest BCUT2D eigenvalue weighted by Crippen LogP contribution is -2.20. The average molecular weight is 258 g/mol. The van der Waals surface area contributed by atoms with Crippen LogP contribution < -0.4 is 5.69 Å². The van der Waals surface area contributed by atoms with Crippen molar-refractivity contribution in [1.82, 2.24) is 19.5 Å². The first kappa shape index (κ1) is 12.0. The molecular weight excluding hydrogens is 240 g/mol. The molecule has 0 atom stereocenters. The number of aromatic amines is 2. The van der Waals surface area contributed by atoms with E-state index in [-0.39, 0.29) is 11.1 Å². The smallest absolute Gasteiger partial charge is 0.326 e. The van der Waals surface area contributed by atoms with E-state index < -0.39 is 0 Å². The van der Waals surface area contributed by atoms with Crippen LogP contribution in [-0.2, 0) is 6.54 Å². The molecule has 0 unspecified atom stereocenters. The highest BCUT2D eigenvalue weighted by atomic mass is 16.1. The van der Waals surface area contributed by atoms with E-state index in [1.165, 1.54) is 0 Å². The van der Waals surface area contributed by atoms with E-state index in [0.717, 1.165) is 28.5 Å². The van der Waals surface area contributed by atoms with E-state index in [9.17, 15) is 4.79 Å². The van der Waals surface area contributed by atoms with Gasteiger partial charge < -0.3 is 9.97 Å². The number of aromatic nitrogens is 4. The van der Waals surface area contributed by atoms with Crippen molar-refractivity contribution in [3.05, 3.63) is 28.9 Å². The van der Waals surface area contributed by atoms with Crippen LogP contribution in [0.25, 0.3) is 22.1 Å². The minimum absolute atomic E-state index is 0.0604. The van der Waals surface area contributed by atoms with Crippen molar-refractivity contribution in [1.29, 1.82) is 0 Å². The first-order valence-electron chi connectivity index (χ1n) is 6.50. The Kier molecular flexibility index (Phi) is 2.52. The Morgan fingerprint density at radius 3 is 2.89 bits per heavy atom. The van der Waals surface area contributed by atoms with Crippen LogP contribution in [-0.4, -0.2) is 19.5 Å². The molecule has 0 bridgehead atoms. The molecule has 0 saturated carbocycles. The molecule has 3 aromatic rings. The van der Waals surface area contributed by atoms with Crippen molar-refractivity contribution in [2.75, 3.05) is 0 Å². The number of hydrogen-bond acceptors (Lipinski definition) is 2. The molecule has 0 spiro atoms. The maximum atomic E-state index is 12.1. The monoisotopic (exact) mass is 258 g/mol. The van der Waals surface area contributed by atoms with E-state index in [1.54, 1.807) is 6.20 Å². The fourth-order valence-corrected chi connectivity index (χ4v) is 2.32. The van der Waals surface area contributed by atoms with Crippen molar-refractivity contribution < 1.29 is 0 Å². The average Bonchev–Trinajstić information content (AvgIpc) is 2.87. The number of pyridine rings is 1. The third kappa shape index (κ3) is 2.05. The van der Waals surface area contributed by atoms with Gasteiger partial charge in [0.1, 0.15) is 5.65 Å². The van der Waals surface area contributed by atoms with Crippen LogP contribution in [0.2, 0.25) is 0 Å². The van der Waals surface area contributed by atoms with Crippen molar-refractivity contribution in [2.45, 2.75) is 33.7 Å². The van der Waals surface area contributed by atoms with E-state index in [0.29, 0.717) is 6.54 Å². The summed E-state index contributed by atoms with van der Waals surface area (Å²) in [5.41, 5.74) is 2.70. The number of fused-ring (bicyclic) bond motifs is 3. The quantitative estimate of drug-likeness (QED) is 0.742. The molecule has 3 aromatic heterocycles. The number of nitrogens with zero attached hydrogens (tertiary/aromatic N) is 2. The SMILES string of the molecule is CC(C)(C)CCn1c(=O)[nH]c2cnc3[nH]ccc3c21. The zero-order chi connectivity index (χ0) is 13.6. The van der Waals surface area contributed by atoms with Gasteiger partial charge in [-0.1, -0.05) is 20.8 Å². The van der Waals surface area contributed by atoms with Crippen LogP contribution in [0, 0.1) is 5.41 Å². The Morgan fingerprint density at radius 2 is 2.16 bits per heavy atom. The van der Waals surface area contributed by atoms with Gasteiger partial charge in [0.2, 0.25) is 0 Å². The minimum atomic E-state index is -0.0604. The zero-order valence-electron chi connectivity index (χ0n) is 11.4. The fraction of sp³-hybridized carbons (Fsp3) is 0.429. The molecule has 0 radical (unpaired) electrons. The highest BCUT2D eigenvalue weighted by Crippen LogP contribution is 2.23.